The predicted molar refractivity (Wildman–Crippen MR) is 89.9 cm³/mol. The summed E-state index contributed by atoms with van der Waals surface area (Å²) in [5.41, 5.74) is 0.721. The van der Waals surface area contributed by atoms with Crippen LogP contribution in [0.3, 0.4) is 0 Å². The molecule has 0 aliphatic carbocycles. The molecule has 22 heavy (non-hydrogen) atoms. The minimum absolute atomic E-state index is 0.200. The van der Waals surface area contributed by atoms with Crippen molar-refractivity contribution in [3.63, 3.8) is 0 Å². The van der Waals surface area contributed by atoms with Gasteiger partial charge < -0.3 is 10.1 Å². The summed E-state index contributed by atoms with van der Waals surface area (Å²) in [5, 5.41) is 3.29. The van der Waals surface area contributed by atoms with E-state index in [-0.39, 0.29) is 16.8 Å². The standard InChI is InChI=1S/C15H10BrCl2NO3/c1-22-15(21)10-4-3-9(17)7-13(10)19-14(20)11-6-8(16)2-5-12(11)18/h2-7H,1H3,(H,19,20). The van der Waals surface area contributed by atoms with Crippen LogP contribution in [0, 0.1) is 0 Å². The Morgan fingerprint density at radius 1 is 1.09 bits per heavy atom. The van der Waals surface area contributed by atoms with Crippen molar-refractivity contribution >= 4 is 56.7 Å². The second-order valence-corrected chi connectivity index (χ2v) is 6.02. The van der Waals surface area contributed by atoms with Crippen LogP contribution in [0.25, 0.3) is 0 Å². The largest absolute Gasteiger partial charge is 0.465 e. The molecule has 0 saturated carbocycles. The average Bonchev–Trinajstić information content (AvgIpc) is 2.49. The van der Waals surface area contributed by atoms with Crippen LogP contribution in [-0.2, 0) is 4.74 Å². The van der Waals surface area contributed by atoms with E-state index >= 15 is 0 Å². The number of methoxy groups -OCH3 is 1. The molecule has 0 radical (unpaired) electrons. The molecule has 0 unspecified atom stereocenters. The van der Waals surface area contributed by atoms with E-state index in [0.29, 0.717) is 14.5 Å². The summed E-state index contributed by atoms with van der Waals surface area (Å²) in [6.45, 7) is 0. The SMILES string of the molecule is COC(=O)c1ccc(Cl)cc1NC(=O)c1cc(Br)ccc1Cl. The van der Waals surface area contributed by atoms with E-state index in [1.165, 1.54) is 25.3 Å². The highest BCUT2D eigenvalue weighted by Crippen LogP contribution is 2.25. The molecule has 0 aromatic heterocycles. The number of halogens is 3. The van der Waals surface area contributed by atoms with E-state index < -0.39 is 11.9 Å². The Balaban J connectivity index is 2.37. The Hall–Kier alpha value is -1.56. The van der Waals surface area contributed by atoms with Gasteiger partial charge in [0.25, 0.3) is 5.91 Å². The first-order chi connectivity index (χ1) is 10.4. The Labute approximate surface area is 145 Å². The van der Waals surface area contributed by atoms with E-state index in [9.17, 15) is 9.59 Å². The molecule has 2 rings (SSSR count). The maximum atomic E-state index is 12.3. The molecule has 0 aliphatic heterocycles. The third kappa shape index (κ3) is 3.80. The highest BCUT2D eigenvalue weighted by Gasteiger charge is 2.17. The van der Waals surface area contributed by atoms with Crippen molar-refractivity contribution in [1.29, 1.82) is 0 Å². The molecule has 0 spiro atoms. The second kappa shape index (κ2) is 7.13. The molecule has 114 valence electrons. The molecule has 0 fully saturated rings. The first-order valence-corrected chi connectivity index (χ1v) is 7.61. The van der Waals surface area contributed by atoms with Crippen molar-refractivity contribution in [3.8, 4) is 0 Å². The van der Waals surface area contributed by atoms with Gasteiger partial charge in [-0.25, -0.2) is 4.79 Å². The van der Waals surface area contributed by atoms with Gasteiger partial charge >= 0.3 is 5.97 Å². The molecule has 0 aliphatic rings. The monoisotopic (exact) mass is 401 g/mol. The molecule has 1 amide bonds. The van der Waals surface area contributed by atoms with Gasteiger partial charge in [-0.2, -0.15) is 0 Å². The lowest BCUT2D eigenvalue weighted by Gasteiger charge is -2.11. The maximum Gasteiger partial charge on any atom is 0.339 e. The lowest BCUT2D eigenvalue weighted by molar-refractivity contribution is 0.0602. The fourth-order valence-corrected chi connectivity index (χ4v) is 2.51. The average molecular weight is 403 g/mol. The number of hydrogen-bond donors (Lipinski definition) is 1. The molecular weight excluding hydrogens is 393 g/mol. The van der Waals surface area contributed by atoms with Gasteiger partial charge in [-0.05, 0) is 36.4 Å². The number of benzene rings is 2. The van der Waals surface area contributed by atoms with Crippen LogP contribution in [-0.4, -0.2) is 19.0 Å². The van der Waals surface area contributed by atoms with E-state index in [2.05, 4.69) is 26.0 Å². The minimum atomic E-state index is -0.577. The maximum absolute atomic E-state index is 12.3. The summed E-state index contributed by atoms with van der Waals surface area (Å²) in [5.74, 6) is -1.04. The Kier molecular flexibility index (Phi) is 5.45. The summed E-state index contributed by atoms with van der Waals surface area (Å²) in [6.07, 6.45) is 0. The number of ether oxygens (including phenoxy) is 1. The van der Waals surface area contributed by atoms with Gasteiger partial charge in [0.2, 0.25) is 0 Å². The number of amides is 1. The van der Waals surface area contributed by atoms with Crippen LogP contribution in [0.5, 0.6) is 0 Å². The van der Waals surface area contributed by atoms with Gasteiger partial charge in [-0.3, -0.25) is 4.79 Å². The zero-order valence-corrected chi connectivity index (χ0v) is 14.4. The smallest absolute Gasteiger partial charge is 0.339 e. The zero-order valence-electron chi connectivity index (χ0n) is 11.3. The molecule has 7 heteroatoms. The first-order valence-electron chi connectivity index (χ1n) is 6.06. The molecule has 2 aromatic carbocycles. The normalized spacial score (nSPS) is 10.2. The fourth-order valence-electron chi connectivity index (χ4n) is 1.77. The van der Waals surface area contributed by atoms with Crippen LogP contribution in [0.15, 0.2) is 40.9 Å². The molecule has 0 saturated heterocycles. The number of esters is 1. The third-order valence-corrected chi connectivity index (χ3v) is 3.87. The van der Waals surface area contributed by atoms with Crippen molar-refractivity contribution in [2.24, 2.45) is 0 Å². The highest BCUT2D eigenvalue weighted by molar-refractivity contribution is 9.10. The molecule has 0 bridgehead atoms. The summed E-state index contributed by atoms with van der Waals surface area (Å²) in [7, 11) is 1.26. The zero-order chi connectivity index (χ0) is 16.3. The van der Waals surface area contributed by atoms with E-state index in [1.54, 1.807) is 18.2 Å². The summed E-state index contributed by atoms with van der Waals surface area (Å²) in [6, 6.07) is 9.39. The lowest BCUT2D eigenvalue weighted by atomic mass is 10.1. The molecule has 2 aromatic rings. The first kappa shape index (κ1) is 16.8. The van der Waals surface area contributed by atoms with Crippen LogP contribution >= 0.6 is 39.1 Å². The van der Waals surface area contributed by atoms with Crippen LogP contribution in [0.2, 0.25) is 10.0 Å². The van der Waals surface area contributed by atoms with Gasteiger partial charge in [0.15, 0.2) is 0 Å². The van der Waals surface area contributed by atoms with Crippen LogP contribution < -0.4 is 5.32 Å². The Morgan fingerprint density at radius 2 is 1.82 bits per heavy atom. The quantitative estimate of drug-likeness (QED) is 0.750. The molecule has 0 atom stereocenters. The lowest BCUT2D eigenvalue weighted by Crippen LogP contribution is -2.16. The number of carbonyl (C=O) groups excluding carboxylic acids is 2. The van der Waals surface area contributed by atoms with Gasteiger partial charge in [0, 0.05) is 9.50 Å². The van der Waals surface area contributed by atoms with E-state index in [4.69, 9.17) is 23.2 Å². The van der Waals surface area contributed by atoms with Crippen molar-refractivity contribution in [2.75, 3.05) is 12.4 Å². The summed E-state index contributed by atoms with van der Waals surface area (Å²) in [4.78, 5) is 24.1. The van der Waals surface area contributed by atoms with E-state index in [0.717, 1.165) is 0 Å². The summed E-state index contributed by atoms with van der Waals surface area (Å²) < 4.78 is 5.39. The van der Waals surface area contributed by atoms with Crippen LogP contribution in [0.4, 0.5) is 5.69 Å². The van der Waals surface area contributed by atoms with Gasteiger partial charge in [0.1, 0.15) is 0 Å². The number of nitrogens with one attached hydrogen (secondary N) is 1. The Morgan fingerprint density at radius 3 is 2.50 bits per heavy atom. The predicted octanol–water partition coefficient (Wildman–Crippen LogP) is 4.79. The fraction of sp³-hybridized carbons (Fsp3) is 0.0667. The van der Waals surface area contributed by atoms with Gasteiger partial charge in [-0.15, -0.1) is 0 Å². The van der Waals surface area contributed by atoms with Gasteiger partial charge in [0.05, 0.1) is 28.9 Å². The van der Waals surface area contributed by atoms with Crippen molar-refractivity contribution in [3.05, 3.63) is 62.0 Å². The number of carbonyl (C=O) groups is 2. The summed E-state index contributed by atoms with van der Waals surface area (Å²) >= 11 is 15.2. The van der Waals surface area contributed by atoms with Crippen molar-refractivity contribution in [2.45, 2.75) is 0 Å². The second-order valence-electron chi connectivity index (χ2n) is 4.26. The Bertz CT molecular complexity index is 750. The topological polar surface area (TPSA) is 55.4 Å². The van der Waals surface area contributed by atoms with Gasteiger partial charge in [-0.1, -0.05) is 39.1 Å². The number of hydrogen-bond acceptors (Lipinski definition) is 3. The number of anilines is 1. The number of rotatable bonds is 3. The minimum Gasteiger partial charge on any atom is -0.465 e. The molecule has 1 N–H and O–H groups in total. The van der Waals surface area contributed by atoms with Crippen molar-refractivity contribution < 1.29 is 14.3 Å². The highest BCUT2D eigenvalue weighted by atomic mass is 79.9. The van der Waals surface area contributed by atoms with Crippen molar-refractivity contribution in [1.82, 2.24) is 0 Å². The molecule has 0 heterocycles. The van der Waals surface area contributed by atoms with E-state index in [1.807, 2.05) is 0 Å². The molecular formula is C15H10BrCl2NO3. The third-order valence-electron chi connectivity index (χ3n) is 2.81. The molecule has 4 nitrogen and oxygen atoms in total. The van der Waals surface area contributed by atoms with Crippen LogP contribution in [0.1, 0.15) is 20.7 Å².